The number of aliphatic hydroxyl groups is 1. The molecule has 3 saturated heterocycles. The van der Waals surface area contributed by atoms with Gasteiger partial charge >= 0.3 is 5.97 Å². The number of benzene rings is 1. The molecule has 0 radical (unpaired) electrons. The highest BCUT2D eigenvalue weighted by atomic mass is 35.5. The van der Waals surface area contributed by atoms with Crippen molar-refractivity contribution in [1.29, 1.82) is 0 Å². The Morgan fingerprint density at radius 3 is 2.67 bits per heavy atom. The number of halogens is 1. The number of aryl methyl sites for hydroxylation is 1. The van der Waals surface area contributed by atoms with Crippen molar-refractivity contribution in [1.82, 2.24) is 4.90 Å². The normalized spacial score (nSPS) is 30.3. The van der Waals surface area contributed by atoms with Gasteiger partial charge < -0.3 is 24.4 Å². The van der Waals surface area contributed by atoms with Gasteiger partial charge in [0.1, 0.15) is 17.6 Å². The average Bonchev–Trinajstić information content (AvgIpc) is 3.42. The Bertz CT molecular complexity index is 1150. The van der Waals surface area contributed by atoms with Gasteiger partial charge in [-0.15, -0.1) is 13.2 Å². The van der Waals surface area contributed by atoms with Gasteiger partial charge in [-0.3, -0.25) is 14.4 Å². The third-order valence-corrected chi connectivity index (χ3v) is 9.25. The summed E-state index contributed by atoms with van der Waals surface area (Å²) in [5.74, 6) is -2.93. The molecule has 0 aromatic heterocycles. The highest BCUT2D eigenvalue weighted by Gasteiger charge is 2.80. The number of nitrogens with zero attached hydrogens (tertiary/aromatic N) is 2. The third kappa shape index (κ3) is 4.88. The molecule has 1 N–H and O–H groups in total. The molecule has 0 saturated carbocycles. The zero-order chi connectivity index (χ0) is 29.2. The second-order valence-corrected chi connectivity index (χ2v) is 11.8. The molecule has 0 aliphatic carbocycles. The zero-order valence-electron chi connectivity index (χ0n) is 23.7. The van der Waals surface area contributed by atoms with E-state index in [1.807, 2.05) is 39.0 Å². The smallest absolute Gasteiger partial charge is 0.312 e. The lowest BCUT2D eigenvalue weighted by Gasteiger charge is -2.37. The molecule has 2 bridgehead atoms. The van der Waals surface area contributed by atoms with Crippen LogP contribution in [0.25, 0.3) is 0 Å². The summed E-state index contributed by atoms with van der Waals surface area (Å²) in [7, 11) is 0. The number of likely N-dealkylation sites (tertiary alicyclic amines) is 1. The Balaban J connectivity index is 1.75. The number of fused-ring (bicyclic) bond motifs is 1. The summed E-state index contributed by atoms with van der Waals surface area (Å²) in [6.45, 7) is 13.7. The topological polar surface area (TPSA) is 96.4 Å². The molecular weight excluding hydrogens is 532 g/mol. The van der Waals surface area contributed by atoms with Gasteiger partial charge in [-0.1, -0.05) is 42.8 Å². The van der Waals surface area contributed by atoms with Crippen LogP contribution < -0.4 is 4.90 Å². The summed E-state index contributed by atoms with van der Waals surface area (Å²) in [6, 6.07) is 4.41. The number of carbonyl (C=O) groups is 3. The number of ether oxygens (including phenoxy) is 2. The molecule has 9 heteroatoms. The minimum atomic E-state index is -1.21. The van der Waals surface area contributed by atoms with Crippen molar-refractivity contribution in [2.75, 3.05) is 31.2 Å². The first-order valence-corrected chi connectivity index (χ1v) is 14.5. The van der Waals surface area contributed by atoms with Crippen LogP contribution in [-0.4, -0.2) is 71.3 Å². The Labute approximate surface area is 241 Å². The fraction of sp³-hybridized carbons (Fsp3) is 0.581. The van der Waals surface area contributed by atoms with Crippen LogP contribution in [0.3, 0.4) is 0 Å². The standard InChI is InChI=1S/C31H41ClN2O6/c1-6-8-9-10-18-39-29(38)24-23-27(36)34(16-12-17-35)26(31(23)19-21(4)30(24,5)40-31)28(37)33(15-7-2)25-20(3)13-11-14-22(25)32/h6-7,11,13-14,21,23-24,26,35H,1-2,8-10,12,15-19H2,3-5H3/t21?,23-,24-,26?,30+,31?/m0/s1. The first kappa shape index (κ1) is 30.3. The second kappa shape index (κ2) is 12.0. The van der Waals surface area contributed by atoms with Crippen LogP contribution in [0.4, 0.5) is 5.69 Å². The van der Waals surface area contributed by atoms with Gasteiger partial charge in [-0.25, -0.2) is 0 Å². The summed E-state index contributed by atoms with van der Waals surface area (Å²) in [4.78, 5) is 45.4. The van der Waals surface area contributed by atoms with Gasteiger partial charge in [-0.05, 0) is 63.5 Å². The average molecular weight is 573 g/mol. The summed E-state index contributed by atoms with van der Waals surface area (Å²) < 4.78 is 12.5. The molecule has 1 aromatic rings. The first-order chi connectivity index (χ1) is 19.1. The van der Waals surface area contributed by atoms with Gasteiger partial charge in [-0.2, -0.15) is 0 Å². The molecule has 3 aliphatic rings. The summed E-state index contributed by atoms with van der Waals surface area (Å²) >= 11 is 6.60. The number of unbranched alkanes of at least 4 members (excludes halogenated alkanes) is 2. The number of anilines is 1. The maximum absolute atomic E-state index is 14.6. The van der Waals surface area contributed by atoms with E-state index in [2.05, 4.69) is 13.2 Å². The number of para-hydroxylation sites is 1. The molecule has 8 nitrogen and oxygen atoms in total. The lowest BCUT2D eigenvalue weighted by Crippen LogP contribution is -2.57. The highest BCUT2D eigenvalue weighted by Crippen LogP contribution is 2.65. The molecule has 4 rings (SSSR count). The largest absolute Gasteiger partial charge is 0.465 e. The minimum absolute atomic E-state index is 0.0992. The molecule has 2 amide bonds. The van der Waals surface area contributed by atoms with E-state index in [1.54, 1.807) is 17.0 Å². The maximum Gasteiger partial charge on any atom is 0.312 e. The van der Waals surface area contributed by atoms with Crippen LogP contribution in [0.2, 0.25) is 5.02 Å². The highest BCUT2D eigenvalue weighted by molar-refractivity contribution is 6.34. The Hall–Kier alpha value is -2.68. The molecule has 218 valence electrons. The van der Waals surface area contributed by atoms with E-state index < -0.39 is 35.0 Å². The van der Waals surface area contributed by atoms with E-state index in [-0.39, 0.29) is 50.5 Å². The van der Waals surface area contributed by atoms with E-state index in [0.29, 0.717) is 23.6 Å². The molecule has 6 atom stereocenters. The molecule has 3 fully saturated rings. The fourth-order valence-corrected chi connectivity index (χ4v) is 7.37. The van der Waals surface area contributed by atoms with Crippen molar-refractivity contribution in [2.45, 2.75) is 70.1 Å². The number of aliphatic hydroxyl groups excluding tert-OH is 1. The van der Waals surface area contributed by atoms with E-state index in [1.165, 1.54) is 4.90 Å². The summed E-state index contributed by atoms with van der Waals surface area (Å²) in [5, 5.41) is 10.0. The number of carbonyl (C=O) groups excluding carboxylic acids is 3. The van der Waals surface area contributed by atoms with Gasteiger partial charge in [0.25, 0.3) is 5.91 Å². The number of amides is 2. The fourth-order valence-electron chi connectivity index (χ4n) is 7.04. The van der Waals surface area contributed by atoms with Gasteiger partial charge in [0.05, 0.1) is 28.8 Å². The van der Waals surface area contributed by atoms with Crippen LogP contribution >= 0.6 is 11.6 Å². The lowest BCUT2D eigenvalue weighted by molar-refractivity contribution is -0.161. The van der Waals surface area contributed by atoms with Crippen molar-refractivity contribution in [3.8, 4) is 0 Å². The summed E-state index contributed by atoms with van der Waals surface area (Å²) in [6.07, 6.45) is 6.55. The molecule has 1 aromatic carbocycles. The lowest BCUT2D eigenvalue weighted by atomic mass is 9.62. The van der Waals surface area contributed by atoms with Crippen LogP contribution in [0.1, 0.15) is 51.5 Å². The van der Waals surface area contributed by atoms with Crippen molar-refractivity contribution in [2.24, 2.45) is 17.8 Å². The number of rotatable bonds is 13. The number of hydrogen-bond acceptors (Lipinski definition) is 6. The van der Waals surface area contributed by atoms with Crippen molar-refractivity contribution in [3.63, 3.8) is 0 Å². The van der Waals surface area contributed by atoms with E-state index in [0.717, 1.165) is 18.4 Å². The van der Waals surface area contributed by atoms with Crippen molar-refractivity contribution in [3.05, 3.63) is 54.1 Å². The quantitative estimate of drug-likeness (QED) is 0.213. The Kier molecular flexibility index (Phi) is 9.12. The number of allylic oxidation sites excluding steroid dienone is 1. The Morgan fingerprint density at radius 1 is 1.27 bits per heavy atom. The second-order valence-electron chi connectivity index (χ2n) is 11.4. The maximum atomic E-state index is 14.6. The molecule has 3 aliphatic heterocycles. The van der Waals surface area contributed by atoms with Crippen LogP contribution in [0, 0.1) is 24.7 Å². The molecular formula is C31H41ClN2O6. The first-order valence-electron chi connectivity index (χ1n) is 14.2. The van der Waals surface area contributed by atoms with Crippen molar-refractivity contribution < 1.29 is 29.0 Å². The minimum Gasteiger partial charge on any atom is -0.465 e. The molecule has 40 heavy (non-hydrogen) atoms. The monoisotopic (exact) mass is 572 g/mol. The third-order valence-electron chi connectivity index (χ3n) is 8.94. The molecule has 1 spiro atoms. The Morgan fingerprint density at radius 2 is 2.02 bits per heavy atom. The van der Waals surface area contributed by atoms with Gasteiger partial charge in [0.15, 0.2) is 0 Å². The van der Waals surface area contributed by atoms with Gasteiger partial charge in [0.2, 0.25) is 5.91 Å². The predicted octanol–water partition coefficient (Wildman–Crippen LogP) is 4.46. The number of esters is 1. The van der Waals surface area contributed by atoms with Crippen LogP contribution in [0.5, 0.6) is 0 Å². The SMILES string of the molecule is C=CCCCCOC(=O)[C@@H]1[C@H]2C(=O)N(CCCO)C(C(=O)N(CC=C)c3c(C)cccc3Cl)C23CC(C)[C@@]1(C)O3. The van der Waals surface area contributed by atoms with E-state index >= 15 is 0 Å². The molecule has 3 heterocycles. The summed E-state index contributed by atoms with van der Waals surface area (Å²) in [5.41, 5.74) is -0.814. The van der Waals surface area contributed by atoms with E-state index in [4.69, 9.17) is 21.1 Å². The number of hydrogen-bond donors (Lipinski definition) is 1. The van der Waals surface area contributed by atoms with Crippen molar-refractivity contribution >= 4 is 35.1 Å². The van der Waals surface area contributed by atoms with Gasteiger partial charge in [0, 0.05) is 19.7 Å². The van der Waals surface area contributed by atoms with E-state index in [9.17, 15) is 19.5 Å². The molecule has 3 unspecified atom stereocenters. The predicted molar refractivity (Wildman–Crippen MR) is 154 cm³/mol. The van der Waals surface area contributed by atoms with Crippen LogP contribution in [-0.2, 0) is 23.9 Å². The zero-order valence-corrected chi connectivity index (χ0v) is 24.5. The van der Waals surface area contributed by atoms with Crippen LogP contribution in [0.15, 0.2) is 43.5 Å².